The Balaban J connectivity index is 1.11. The van der Waals surface area contributed by atoms with Crippen molar-refractivity contribution in [3.8, 4) is 5.75 Å². The topological polar surface area (TPSA) is 122 Å². The van der Waals surface area contributed by atoms with Gasteiger partial charge >= 0.3 is 0 Å². The van der Waals surface area contributed by atoms with Crippen molar-refractivity contribution in [2.75, 3.05) is 51.8 Å². The molecule has 0 spiro atoms. The van der Waals surface area contributed by atoms with Crippen LogP contribution in [0.3, 0.4) is 0 Å². The second kappa shape index (κ2) is 16.7. The van der Waals surface area contributed by atoms with E-state index >= 15 is 0 Å². The van der Waals surface area contributed by atoms with E-state index in [1.807, 2.05) is 48.7 Å². The molecule has 2 aromatic carbocycles. The molecule has 4 heterocycles. The lowest BCUT2D eigenvalue weighted by molar-refractivity contribution is 0.106. The number of nitrogens with zero attached hydrogens (tertiary/aromatic N) is 4. The number of H-pyrrole nitrogens is 1. The quantitative estimate of drug-likeness (QED) is 0.0927. The van der Waals surface area contributed by atoms with Crippen molar-refractivity contribution in [2.45, 2.75) is 44.6 Å². The predicted octanol–water partition coefficient (Wildman–Crippen LogP) is 4.51. The number of anilines is 1. The Kier molecular flexibility index (Phi) is 11.7. The van der Waals surface area contributed by atoms with Gasteiger partial charge in [-0.25, -0.2) is 4.98 Å². The van der Waals surface area contributed by atoms with Crippen LogP contribution in [0.4, 0.5) is 5.82 Å². The van der Waals surface area contributed by atoms with Crippen LogP contribution >= 0.6 is 0 Å². The summed E-state index contributed by atoms with van der Waals surface area (Å²) in [4.78, 5) is 17.3. The van der Waals surface area contributed by atoms with E-state index in [-0.39, 0.29) is 25.3 Å². The highest BCUT2D eigenvalue weighted by Gasteiger charge is 2.30. The van der Waals surface area contributed by atoms with Crippen LogP contribution in [0.2, 0.25) is 0 Å². The van der Waals surface area contributed by atoms with Gasteiger partial charge in [-0.1, -0.05) is 36.4 Å². The summed E-state index contributed by atoms with van der Waals surface area (Å²) in [5.41, 5.74) is 6.94. The highest BCUT2D eigenvalue weighted by Crippen LogP contribution is 2.36. The lowest BCUT2D eigenvalue weighted by atomic mass is 9.97. The van der Waals surface area contributed by atoms with Crippen molar-refractivity contribution in [2.24, 2.45) is 0 Å². The first-order valence-electron chi connectivity index (χ1n) is 16.9. The fraction of sp³-hybridized carbons (Fsp3) is 0.368. The molecule has 252 valence electrons. The molecular weight excluding hydrogens is 602 g/mol. The summed E-state index contributed by atoms with van der Waals surface area (Å²) in [5, 5.41) is 28.6. The smallest absolute Gasteiger partial charge is 0.126 e. The minimum atomic E-state index is -0.0871. The van der Waals surface area contributed by atoms with Gasteiger partial charge < -0.3 is 30.6 Å². The lowest BCUT2D eigenvalue weighted by Crippen LogP contribution is -2.40. The van der Waals surface area contributed by atoms with E-state index in [0.717, 1.165) is 80.7 Å². The zero-order chi connectivity index (χ0) is 33.1. The van der Waals surface area contributed by atoms with Crippen LogP contribution in [-0.2, 0) is 26.1 Å². The summed E-state index contributed by atoms with van der Waals surface area (Å²) in [7, 11) is 1.69. The third-order valence-electron chi connectivity index (χ3n) is 9.17. The molecule has 0 fully saturated rings. The number of fused-ring (bicyclic) bond motifs is 3. The van der Waals surface area contributed by atoms with Crippen molar-refractivity contribution in [1.82, 2.24) is 30.1 Å². The number of methoxy groups -OCH3 is 1. The number of aliphatic hydroxyl groups is 2. The fourth-order valence-electron chi connectivity index (χ4n) is 6.69. The minimum absolute atomic E-state index is 0.0464. The number of hydrogen-bond acceptors (Lipinski definition) is 9. The van der Waals surface area contributed by atoms with Crippen LogP contribution in [-0.4, -0.2) is 87.5 Å². The van der Waals surface area contributed by atoms with E-state index < -0.39 is 0 Å². The molecule has 0 radical (unpaired) electrons. The Labute approximate surface area is 282 Å². The van der Waals surface area contributed by atoms with E-state index in [2.05, 4.69) is 71.8 Å². The van der Waals surface area contributed by atoms with Gasteiger partial charge in [0.15, 0.2) is 0 Å². The van der Waals surface area contributed by atoms with E-state index in [4.69, 9.17) is 4.74 Å². The van der Waals surface area contributed by atoms with Gasteiger partial charge in [-0.3, -0.25) is 14.8 Å². The van der Waals surface area contributed by atoms with Gasteiger partial charge in [-0.15, -0.1) is 0 Å². The molecule has 0 saturated carbocycles. The average Bonchev–Trinajstić information content (AvgIpc) is 3.49. The molecule has 1 aliphatic heterocycles. The molecule has 48 heavy (non-hydrogen) atoms. The summed E-state index contributed by atoms with van der Waals surface area (Å²) in [6.45, 7) is 5.70. The number of hydrogen-bond donors (Lipinski definition) is 5. The SMILES string of the molecule is COc1ccc2[nH]c3c(c2c1)CCN(Cc1ccc(CN(CCNCc2ccccn2)CC(CCO)Nc2ccccn2)cc1)C3CO. The molecule has 5 N–H and O–H groups in total. The first-order valence-corrected chi connectivity index (χ1v) is 16.9. The summed E-state index contributed by atoms with van der Waals surface area (Å²) < 4.78 is 5.47. The Bertz CT molecular complexity index is 1700. The maximum absolute atomic E-state index is 10.5. The molecule has 0 bridgehead atoms. The number of pyridine rings is 2. The first-order chi connectivity index (χ1) is 23.6. The second-order valence-electron chi connectivity index (χ2n) is 12.5. The number of rotatable bonds is 17. The highest BCUT2D eigenvalue weighted by molar-refractivity contribution is 5.86. The second-order valence-corrected chi connectivity index (χ2v) is 12.5. The minimum Gasteiger partial charge on any atom is -0.497 e. The van der Waals surface area contributed by atoms with Gasteiger partial charge in [0.25, 0.3) is 0 Å². The normalized spacial score (nSPS) is 15.5. The fourth-order valence-corrected chi connectivity index (χ4v) is 6.69. The van der Waals surface area contributed by atoms with Crippen molar-refractivity contribution < 1.29 is 14.9 Å². The van der Waals surface area contributed by atoms with E-state index in [9.17, 15) is 10.2 Å². The van der Waals surface area contributed by atoms with E-state index in [0.29, 0.717) is 6.42 Å². The molecule has 5 aromatic rings. The van der Waals surface area contributed by atoms with Crippen molar-refractivity contribution in [3.63, 3.8) is 0 Å². The number of aromatic amines is 1. The molecule has 1 aliphatic rings. The Morgan fingerprint density at radius 3 is 2.54 bits per heavy atom. The summed E-state index contributed by atoms with van der Waals surface area (Å²) in [6.07, 6.45) is 5.15. The van der Waals surface area contributed by atoms with Crippen LogP contribution in [0.5, 0.6) is 5.75 Å². The Morgan fingerprint density at radius 1 is 1.00 bits per heavy atom. The number of aliphatic hydroxyl groups excluding tert-OH is 2. The van der Waals surface area contributed by atoms with Crippen molar-refractivity contribution >= 4 is 16.7 Å². The maximum atomic E-state index is 10.5. The zero-order valence-corrected chi connectivity index (χ0v) is 27.7. The monoisotopic (exact) mass is 649 g/mol. The summed E-state index contributed by atoms with van der Waals surface area (Å²) in [6, 6.07) is 26.7. The molecule has 10 heteroatoms. The van der Waals surface area contributed by atoms with Gasteiger partial charge in [0, 0.05) is 87.5 Å². The Morgan fingerprint density at radius 2 is 1.81 bits per heavy atom. The van der Waals surface area contributed by atoms with Crippen molar-refractivity contribution in [3.05, 3.63) is 119 Å². The number of ether oxygens (including phenoxy) is 1. The van der Waals surface area contributed by atoms with Gasteiger partial charge in [0.05, 0.1) is 25.5 Å². The van der Waals surface area contributed by atoms with Crippen molar-refractivity contribution in [1.29, 1.82) is 0 Å². The maximum Gasteiger partial charge on any atom is 0.126 e. The van der Waals surface area contributed by atoms with Crippen LogP contribution in [0.1, 0.15) is 40.5 Å². The molecule has 3 aromatic heterocycles. The van der Waals surface area contributed by atoms with E-state index in [1.54, 1.807) is 13.3 Å². The number of aromatic nitrogens is 3. The largest absolute Gasteiger partial charge is 0.497 e. The van der Waals surface area contributed by atoms with E-state index in [1.165, 1.54) is 22.1 Å². The van der Waals surface area contributed by atoms with Crippen LogP contribution < -0.4 is 15.4 Å². The number of benzene rings is 2. The van der Waals surface area contributed by atoms with Crippen LogP contribution in [0.25, 0.3) is 10.9 Å². The average molecular weight is 650 g/mol. The predicted molar refractivity (Wildman–Crippen MR) is 190 cm³/mol. The molecule has 0 amide bonds. The third kappa shape index (κ3) is 8.58. The molecule has 0 aliphatic carbocycles. The van der Waals surface area contributed by atoms with Crippen LogP contribution in [0.15, 0.2) is 91.3 Å². The zero-order valence-electron chi connectivity index (χ0n) is 27.7. The standard InChI is InChI=1S/C38H47N7O3/c1-48-32-12-13-35-34(22-32)33-14-19-45(36(27-47)38(33)43-35)25-29-10-8-28(9-11-29)24-44(20-18-39-23-30-6-2-4-16-40-30)26-31(15-21-46)42-37-7-3-5-17-41-37/h2-13,16-17,22,31,36,39,43,46-47H,14-15,18-21,23-27H2,1H3,(H,41,42). The van der Waals surface area contributed by atoms with Gasteiger partial charge in [-0.2, -0.15) is 0 Å². The van der Waals surface area contributed by atoms with Crippen LogP contribution in [0, 0.1) is 0 Å². The highest BCUT2D eigenvalue weighted by atomic mass is 16.5. The molecule has 2 unspecified atom stereocenters. The Hall–Kier alpha value is -4.32. The third-order valence-corrected chi connectivity index (χ3v) is 9.17. The lowest BCUT2D eigenvalue weighted by Gasteiger charge is -2.34. The summed E-state index contributed by atoms with van der Waals surface area (Å²) >= 11 is 0. The molecule has 0 saturated heterocycles. The molecular formula is C38H47N7O3. The summed E-state index contributed by atoms with van der Waals surface area (Å²) in [5.74, 6) is 1.66. The molecule has 6 rings (SSSR count). The molecule has 2 atom stereocenters. The number of nitrogens with one attached hydrogen (secondary N) is 3. The molecule has 10 nitrogen and oxygen atoms in total. The van der Waals surface area contributed by atoms with Gasteiger partial charge in [0.2, 0.25) is 0 Å². The van der Waals surface area contributed by atoms with Gasteiger partial charge in [-0.05, 0) is 72.0 Å². The first kappa shape index (κ1) is 33.6. The van der Waals surface area contributed by atoms with Gasteiger partial charge in [0.1, 0.15) is 11.6 Å².